The van der Waals surface area contributed by atoms with Crippen LogP contribution >= 0.6 is 0 Å². The standard InChI is InChI=1S/C15H25NO2/c1-3-12-5-6-14(9-12,11-16)15(17)7-8-18-13(4-2)10-15/h12-13,17H,3-10H2,1-2H3. The monoisotopic (exact) mass is 251 g/mol. The third-order valence-electron chi connectivity index (χ3n) is 5.19. The van der Waals surface area contributed by atoms with E-state index in [1.165, 1.54) is 0 Å². The van der Waals surface area contributed by atoms with Crippen LogP contribution < -0.4 is 0 Å². The normalized spacial score (nSPS) is 44.8. The molecular formula is C15H25NO2. The van der Waals surface area contributed by atoms with Gasteiger partial charge in [0, 0.05) is 19.4 Å². The van der Waals surface area contributed by atoms with E-state index in [9.17, 15) is 10.4 Å². The number of nitriles is 1. The fourth-order valence-corrected chi connectivity index (χ4v) is 3.75. The van der Waals surface area contributed by atoms with Crippen LogP contribution in [0.4, 0.5) is 0 Å². The quantitative estimate of drug-likeness (QED) is 0.838. The van der Waals surface area contributed by atoms with E-state index in [0.717, 1.165) is 32.1 Å². The molecule has 3 nitrogen and oxygen atoms in total. The number of hydrogen-bond acceptors (Lipinski definition) is 3. The second kappa shape index (κ2) is 5.19. The highest BCUT2D eigenvalue weighted by molar-refractivity contribution is 5.16. The molecule has 0 aromatic rings. The van der Waals surface area contributed by atoms with Gasteiger partial charge in [0.25, 0.3) is 0 Å². The summed E-state index contributed by atoms with van der Waals surface area (Å²) >= 11 is 0. The smallest absolute Gasteiger partial charge is 0.0879 e. The van der Waals surface area contributed by atoms with Crippen molar-refractivity contribution in [3.63, 3.8) is 0 Å². The first-order valence-corrected chi connectivity index (χ1v) is 7.34. The number of nitrogens with zero attached hydrogens (tertiary/aromatic N) is 1. The molecule has 4 unspecified atom stereocenters. The van der Waals surface area contributed by atoms with E-state index < -0.39 is 11.0 Å². The molecule has 0 amide bonds. The Morgan fingerprint density at radius 3 is 2.61 bits per heavy atom. The molecule has 2 aliphatic rings. The molecule has 1 aliphatic carbocycles. The summed E-state index contributed by atoms with van der Waals surface area (Å²) in [6.45, 7) is 4.86. The largest absolute Gasteiger partial charge is 0.388 e. The summed E-state index contributed by atoms with van der Waals surface area (Å²) in [5.41, 5.74) is -1.35. The van der Waals surface area contributed by atoms with Gasteiger partial charge in [-0.15, -0.1) is 0 Å². The summed E-state index contributed by atoms with van der Waals surface area (Å²) in [7, 11) is 0. The van der Waals surface area contributed by atoms with Crippen molar-refractivity contribution in [2.75, 3.05) is 6.61 Å². The first-order valence-electron chi connectivity index (χ1n) is 7.34. The summed E-state index contributed by atoms with van der Waals surface area (Å²) in [5, 5.41) is 20.7. The minimum atomic E-state index is -0.829. The highest BCUT2D eigenvalue weighted by Gasteiger charge is 2.55. The number of ether oxygens (including phenoxy) is 1. The van der Waals surface area contributed by atoms with Crippen LogP contribution in [0.25, 0.3) is 0 Å². The van der Waals surface area contributed by atoms with Crippen LogP contribution in [0.5, 0.6) is 0 Å². The molecule has 2 rings (SSSR count). The van der Waals surface area contributed by atoms with Crippen molar-refractivity contribution >= 4 is 0 Å². The van der Waals surface area contributed by atoms with Gasteiger partial charge in [-0.1, -0.05) is 20.3 Å². The third-order valence-corrected chi connectivity index (χ3v) is 5.19. The molecule has 1 N–H and O–H groups in total. The fourth-order valence-electron chi connectivity index (χ4n) is 3.75. The van der Waals surface area contributed by atoms with Crippen molar-refractivity contribution in [2.24, 2.45) is 11.3 Å². The van der Waals surface area contributed by atoms with E-state index in [2.05, 4.69) is 19.9 Å². The molecule has 0 radical (unpaired) electrons. The molecule has 102 valence electrons. The molecule has 1 saturated carbocycles. The van der Waals surface area contributed by atoms with Crippen molar-refractivity contribution in [3.05, 3.63) is 0 Å². The van der Waals surface area contributed by atoms with Gasteiger partial charge in [0.05, 0.1) is 23.2 Å². The van der Waals surface area contributed by atoms with Crippen LogP contribution in [0.15, 0.2) is 0 Å². The van der Waals surface area contributed by atoms with Crippen molar-refractivity contribution in [2.45, 2.75) is 70.5 Å². The highest BCUT2D eigenvalue weighted by Crippen LogP contribution is 2.53. The molecule has 1 saturated heterocycles. The van der Waals surface area contributed by atoms with Gasteiger partial charge in [-0.25, -0.2) is 0 Å². The summed E-state index contributed by atoms with van der Waals surface area (Å²) in [5.74, 6) is 0.608. The van der Waals surface area contributed by atoms with E-state index in [1.807, 2.05) is 0 Å². The van der Waals surface area contributed by atoms with E-state index >= 15 is 0 Å². The Bertz CT molecular complexity index is 338. The maximum absolute atomic E-state index is 11.0. The molecule has 2 fully saturated rings. The molecule has 18 heavy (non-hydrogen) atoms. The van der Waals surface area contributed by atoms with Crippen LogP contribution in [0.1, 0.15) is 58.8 Å². The lowest BCUT2D eigenvalue weighted by atomic mass is 9.66. The van der Waals surface area contributed by atoms with Crippen LogP contribution in [0.2, 0.25) is 0 Å². The van der Waals surface area contributed by atoms with E-state index in [4.69, 9.17) is 4.74 Å². The Kier molecular flexibility index (Phi) is 3.99. The van der Waals surface area contributed by atoms with Crippen molar-refractivity contribution in [3.8, 4) is 6.07 Å². The fraction of sp³-hybridized carbons (Fsp3) is 0.933. The van der Waals surface area contributed by atoms with Crippen molar-refractivity contribution < 1.29 is 9.84 Å². The van der Waals surface area contributed by atoms with Gasteiger partial charge in [-0.05, 0) is 31.6 Å². The molecule has 4 atom stereocenters. The lowest BCUT2D eigenvalue weighted by Gasteiger charge is -2.45. The summed E-state index contributed by atoms with van der Waals surface area (Å²) < 4.78 is 5.66. The van der Waals surface area contributed by atoms with Gasteiger partial charge in [0.2, 0.25) is 0 Å². The Morgan fingerprint density at radius 1 is 1.28 bits per heavy atom. The molecule has 0 spiro atoms. The van der Waals surface area contributed by atoms with Gasteiger partial charge in [0.1, 0.15) is 0 Å². The molecule has 1 aliphatic heterocycles. The van der Waals surface area contributed by atoms with E-state index in [0.29, 0.717) is 25.4 Å². The average molecular weight is 251 g/mol. The predicted molar refractivity (Wildman–Crippen MR) is 69.9 cm³/mol. The summed E-state index contributed by atoms with van der Waals surface area (Å²) in [6, 6.07) is 2.49. The zero-order valence-electron chi connectivity index (χ0n) is 11.6. The highest BCUT2D eigenvalue weighted by atomic mass is 16.5. The maximum atomic E-state index is 11.0. The zero-order chi connectivity index (χ0) is 13.2. The average Bonchev–Trinajstić information content (AvgIpc) is 2.84. The van der Waals surface area contributed by atoms with Crippen LogP contribution in [0, 0.1) is 22.7 Å². The SMILES string of the molecule is CCC1CCC(C#N)(C2(O)CCOC(CC)C2)C1. The molecular weight excluding hydrogens is 226 g/mol. The van der Waals surface area contributed by atoms with Gasteiger partial charge in [0.15, 0.2) is 0 Å². The zero-order valence-corrected chi connectivity index (χ0v) is 11.6. The topological polar surface area (TPSA) is 53.2 Å². The third kappa shape index (κ3) is 2.17. The Balaban J connectivity index is 2.19. The summed E-state index contributed by atoms with van der Waals surface area (Å²) in [4.78, 5) is 0. The van der Waals surface area contributed by atoms with Crippen molar-refractivity contribution in [1.29, 1.82) is 5.26 Å². The molecule has 1 heterocycles. The van der Waals surface area contributed by atoms with Crippen LogP contribution in [-0.2, 0) is 4.74 Å². The van der Waals surface area contributed by atoms with Crippen LogP contribution in [0.3, 0.4) is 0 Å². The van der Waals surface area contributed by atoms with E-state index in [1.54, 1.807) is 0 Å². The van der Waals surface area contributed by atoms with Crippen molar-refractivity contribution in [1.82, 2.24) is 0 Å². The summed E-state index contributed by atoms with van der Waals surface area (Å²) in [6.07, 6.45) is 6.22. The Hall–Kier alpha value is -0.590. The lowest BCUT2D eigenvalue weighted by molar-refractivity contribution is -0.151. The van der Waals surface area contributed by atoms with Gasteiger partial charge < -0.3 is 9.84 Å². The molecule has 3 heteroatoms. The second-order valence-corrected chi connectivity index (χ2v) is 6.10. The minimum absolute atomic E-state index is 0.120. The second-order valence-electron chi connectivity index (χ2n) is 6.10. The van der Waals surface area contributed by atoms with E-state index in [-0.39, 0.29) is 6.10 Å². The minimum Gasteiger partial charge on any atom is -0.388 e. The molecule has 0 aromatic heterocycles. The van der Waals surface area contributed by atoms with Gasteiger partial charge in [-0.2, -0.15) is 5.26 Å². The first-order chi connectivity index (χ1) is 8.59. The van der Waals surface area contributed by atoms with Gasteiger partial charge >= 0.3 is 0 Å². The van der Waals surface area contributed by atoms with Gasteiger partial charge in [-0.3, -0.25) is 0 Å². The maximum Gasteiger partial charge on any atom is 0.0879 e. The number of hydrogen-bond donors (Lipinski definition) is 1. The van der Waals surface area contributed by atoms with Crippen LogP contribution in [-0.4, -0.2) is 23.4 Å². The predicted octanol–water partition coefficient (Wildman–Crippen LogP) is 3.03. The first kappa shape index (κ1) is 13.8. The number of aliphatic hydroxyl groups is 1. The number of rotatable bonds is 3. The Morgan fingerprint density at radius 2 is 2.06 bits per heavy atom. The lowest BCUT2D eigenvalue weighted by Crippen LogP contribution is -2.52. The molecule has 0 aromatic carbocycles. The molecule has 0 bridgehead atoms. The Labute approximate surface area is 110 Å².